The van der Waals surface area contributed by atoms with Crippen LogP contribution in [0.2, 0.25) is 5.02 Å². The number of hydrogen-bond acceptors (Lipinski definition) is 0. The smallest absolute Gasteiger partial charge is 1.00 e. The summed E-state index contributed by atoms with van der Waals surface area (Å²) in [7, 11) is 0. The van der Waals surface area contributed by atoms with Crippen molar-refractivity contribution < 1.29 is 12.4 Å². The van der Waals surface area contributed by atoms with Crippen LogP contribution in [0.3, 0.4) is 0 Å². The van der Waals surface area contributed by atoms with Gasteiger partial charge in [-0.25, -0.2) is 0 Å². The molecule has 0 saturated carbocycles. The van der Waals surface area contributed by atoms with Gasteiger partial charge in [0.15, 0.2) is 0 Å². The van der Waals surface area contributed by atoms with Gasteiger partial charge < -0.3 is 12.4 Å². The molecule has 3 heteroatoms. The molecule has 0 saturated heterocycles. The van der Waals surface area contributed by atoms with Crippen molar-refractivity contribution in [1.29, 1.82) is 0 Å². The van der Waals surface area contributed by atoms with Gasteiger partial charge in [0.1, 0.15) is 0 Å². The minimum absolute atomic E-state index is 0. The van der Waals surface area contributed by atoms with Crippen molar-refractivity contribution in [2.45, 2.75) is 0 Å². The van der Waals surface area contributed by atoms with Gasteiger partial charge in [-0.3, -0.25) is 0 Å². The molecule has 0 aliphatic rings. The zero-order chi connectivity index (χ0) is 5.11. The topological polar surface area (TPSA) is 0 Å². The summed E-state index contributed by atoms with van der Waals surface area (Å²) in [4.78, 5) is 0. The third kappa shape index (κ3) is 5.03. The van der Waals surface area contributed by atoms with Crippen LogP contribution in [0.1, 0.15) is 0 Å². The van der Waals surface area contributed by atoms with Crippen LogP contribution in [0, 0.1) is 6.07 Å². The first-order valence-electron chi connectivity index (χ1n) is 2.01. The van der Waals surface area contributed by atoms with Gasteiger partial charge in [-0.05, 0) is 0 Å². The molecule has 0 spiro atoms. The van der Waals surface area contributed by atoms with E-state index in [4.69, 9.17) is 11.6 Å². The van der Waals surface area contributed by atoms with E-state index in [1.807, 2.05) is 18.2 Å². The normalized spacial score (nSPS) is 6.78. The molecule has 0 fully saturated rings. The summed E-state index contributed by atoms with van der Waals surface area (Å²) in [6.07, 6.45) is 0. The first-order valence-corrected chi connectivity index (χ1v) is 2.39. The Bertz CT molecular complexity index is 141. The third-order valence-corrected chi connectivity index (χ3v) is 0.904. The summed E-state index contributed by atoms with van der Waals surface area (Å²) < 4.78 is 0. The molecular weight excluding hydrogens is 167 g/mol. The van der Waals surface area contributed by atoms with Crippen molar-refractivity contribution in [2.24, 2.45) is 0 Å². The number of halogens is 2. The molecule has 0 nitrogen and oxygen atoms in total. The van der Waals surface area contributed by atoms with E-state index in [-0.39, 0.29) is 35.5 Å². The predicted molar refractivity (Wildman–Crippen MR) is 36.0 cm³/mol. The Hall–Kier alpha value is 0.566. The average Bonchev–Trinajstić information content (AvgIpc) is 1.69. The second-order valence-electron chi connectivity index (χ2n) is 1.22. The molecule has 0 amide bonds. The fraction of sp³-hybridized carbons (Fsp3) is 0. The predicted octanol–water partition coefficient (Wildman–Crippen LogP) is -1.24. The maximum absolute atomic E-state index is 5.51. The van der Waals surface area contributed by atoms with Gasteiger partial charge in [0.25, 0.3) is 0 Å². The Kier molecular flexibility index (Phi) is 9.11. The van der Waals surface area contributed by atoms with Crippen molar-refractivity contribution in [3.05, 3.63) is 35.4 Å². The van der Waals surface area contributed by atoms with Crippen molar-refractivity contribution in [3.8, 4) is 0 Å². The van der Waals surface area contributed by atoms with Crippen molar-refractivity contribution in [3.63, 3.8) is 0 Å². The maximum atomic E-state index is 5.51. The Morgan fingerprint density at radius 3 is 2.33 bits per heavy atom. The van der Waals surface area contributed by atoms with E-state index in [1.165, 1.54) is 0 Å². The summed E-state index contributed by atoms with van der Waals surface area (Å²) >= 11 is 5.51. The van der Waals surface area contributed by atoms with Crippen LogP contribution in [0.4, 0.5) is 0 Å². The Morgan fingerprint density at radius 2 is 2.11 bits per heavy atom. The number of hydrogen-bond donors (Lipinski definition) is 0. The van der Waals surface area contributed by atoms with E-state index in [2.05, 4.69) is 6.07 Å². The molecule has 1 rings (SSSR count). The standard InChI is InChI=1S/C6H4Cl.ClH.Mg/c7-6-4-2-1-3-5-6;;/h1-2,4-5H;1H;/q-1;;+2/p-1. The average molecular weight is 171 g/mol. The molecule has 0 atom stereocenters. The Labute approximate surface area is 82.2 Å². The molecule has 9 heavy (non-hydrogen) atoms. The van der Waals surface area contributed by atoms with Crippen LogP contribution >= 0.6 is 11.6 Å². The molecule has 0 aliphatic carbocycles. The van der Waals surface area contributed by atoms with Gasteiger partial charge in [0, 0.05) is 0 Å². The number of benzene rings is 1. The molecule has 0 heterocycles. The largest absolute Gasteiger partial charge is 2.00 e. The van der Waals surface area contributed by atoms with Crippen molar-refractivity contribution in [1.82, 2.24) is 0 Å². The summed E-state index contributed by atoms with van der Waals surface area (Å²) in [5, 5.41) is 0.738. The van der Waals surface area contributed by atoms with Crippen LogP contribution < -0.4 is 12.4 Å². The van der Waals surface area contributed by atoms with Crippen molar-refractivity contribution in [2.75, 3.05) is 0 Å². The minimum atomic E-state index is 0. The van der Waals surface area contributed by atoms with Gasteiger partial charge >= 0.3 is 23.1 Å². The SMILES string of the molecule is Clc1c[c-]ccc1.[Cl-].[Mg+2]. The zero-order valence-electron chi connectivity index (χ0n) is 4.77. The summed E-state index contributed by atoms with van der Waals surface area (Å²) in [6.45, 7) is 0. The van der Waals surface area contributed by atoms with E-state index in [1.54, 1.807) is 6.07 Å². The van der Waals surface area contributed by atoms with Gasteiger partial charge in [0.05, 0.1) is 0 Å². The molecular formula is C6H4Cl2Mg. The molecule has 44 valence electrons. The van der Waals surface area contributed by atoms with Crippen molar-refractivity contribution >= 4 is 34.7 Å². The molecule has 0 aromatic heterocycles. The molecule has 0 aliphatic heterocycles. The van der Waals surface area contributed by atoms with Gasteiger partial charge in [0.2, 0.25) is 0 Å². The van der Waals surface area contributed by atoms with E-state index < -0.39 is 0 Å². The van der Waals surface area contributed by atoms with Gasteiger partial charge in [-0.1, -0.05) is 5.02 Å². The first kappa shape index (κ1) is 12.3. The Morgan fingerprint density at radius 1 is 1.44 bits per heavy atom. The molecule has 1 aromatic carbocycles. The second kappa shape index (κ2) is 6.68. The first-order chi connectivity index (χ1) is 3.39. The van der Waals surface area contributed by atoms with E-state index in [9.17, 15) is 0 Å². The Balaban J connectivity index is 0. The fourth-order valence-corrected chi connectivity index (χ4v) is 0.507. The molecule has 0 bridgehead atoms. The van der Waals surface area contributed by atoms with E-state index >= 15 is 0 Å². The summed E-state index contributed by atoms with van der Waals surface area (Å²) in [5.41, 5.74) is 0. The summed E-state index contributed by atoms with van der Waals surface area (Å²) in [6, 6.07) is 10.0. The van der Waals surface area contributed by atoms with Crippen LogP contribution in [-0.2, 0) is 0 Å². The molecule has 0 radical (unpaired) electrons. The van der Waals surface area contributed by atoms with E-state index in [0.717, 1.165) is 5.02 Å². The summed E-state index contributed by atoms with van der Waals surface area (Å²) in [5.74, 6) is 0. The van der Waals surface area contributed by atoms with Crippen LogP contribution in [-0.4, -0.2) is 23.1 Å². The second-order valence-corrected chi connectivity index (χ2v) is 1.66. The molecule has 0 unspecified atom stereocenters. The van der Waals surface area contributed by atoms with Gasteiger partial charge in [-0.15, -0.1) is 0 Å². The maximum Gasteiger partial charge on any atom is 2.00 e. The molecule has 1 aromatic rings. The van der Waals surface area contributed by atoms with Crippen LogP contribution in [0.5, 0.6) is 0 Å². The third-order valence-electron chi connectivity index (χ3n) is 0.669. The number of rotatable bonds is 0. The van der Waals surface area contributed by atoms with E-state index in [0.29, 0.717) is 0 Å². The monoisotopic (exact) mass is 170 g/mol. The van der Waals surface area contributed by atoms with Gasteiger partial charge in [-0.2, -0.15) is 41.9 Å². The van der Waals surface area contributed by atoms with Crippen LogP contribution in [0.15, 0.2) is 24.3 Å². The van der Waals surface area contributed by atoms with Crippen LogP contribution in [0.25, 0.3) is 0 Å². The minimum Gasteiger partial charge on any atom is -1.00 e. The quantitative estimate of drug-likeness (QED) is 0.338. The zero-order valence-corrected chi connectivity index (χ0v) is 7.70. The fourth-order valence-electron chi connectivity index (χ4n) is 0.371. The molecule has 0 N–H and O–H groups in total.